The lowest BCUT2D eigenvalue weighted by molar-refractivity contribution is -0.213. The zero-order valence-electron chi connectivity index (χ0n) is 19.9. The molecule has 1 aliphatic rings. The van der Waals surface area contributed by atoms with E-state index in [0.29, 0.717) is 19.6 Å². The van der Waals surface area contributed by atoms with Gasteiger partial charge < -0.3 is 14.6 Å². The van der Waals surface area contributed by atoms with Gasteiger partial charge in [0.05, 0.1) is 12.7 Å². The molecule has 0 bridgehead atoms. The lowest BCUT2D eigenvalue weighted by atomic mass is 9.73. The maximum absolute atomic E-state index is 12.5. The Hall–Kier alpha value is -2.66. The number of aliphatic hydroxyl groups is 1. The first-order chi connectivity index (χ1) is 15.9. The Bertz CT molecular complexity index is 1020. The zero-order chi connectivity index (χ0) is 23.3. The van der Waals surface area contributed by atoms with Crippen LogP contribution in [0.15, 0.2) is 84.9 Å². The summed E-state index contributed by atoms with van der Waals surface area (Å²) in [5.74, 6) is 0.808. The third-order valence-electron chi connectivity index (χ3n) is 6.51. The number of hydrogen-bond acceptors (Lipinski definition) is 4. The predicted molar refractivity (Wildman–Crippen MR) is 132 cm³/mol. The molecule has 0 amide bonds. The van der Waals surface area contributed by atoms with E-state index in [1.54, 1.807) is 0 Å². The number of hydrogen-bond donors (Lipinski definition) is 1. The molecule has 1 saturated heterocycles. The van der Waals surface area contributed by atoms with Crippen LogP contribution in [0.4, 0.5) is 0 Å². The van der Waals surface area contributed by atoms with Crippen LogP contribution < -0.4 is 4.74 Å². The van der Waals surface area contributed by atoms with Gasteiger partial charge >= 0.3 is 0 Å². The van der Waals surface area contributed by atoms with Gasteiger partial charge in [0.1, 0.15) is 17.0 Å². The second-order valence-corrected chi connectivity index (χ2v) is 9.45. The van der Waals surface area contributed by atoms with Crippen molar-refractivity contribution in [3.63, 3.8) is 0 Å². The largest absolute Gasteiger partial charge is 0.491 e. The van der Waals surface area contributed by atoms with Gasteiger partial charge in [-0.05, 0) is 43.5 Å². The summed E-state index contributed by atoms with van der Waals surface area (Å²) in [7, 11) is 0. The summed E-state index contributed by atoms with van der Waals surface area (Å²) in [6.45, 7) is 8.95. The Morgan fingerprint density at radius 1 is 0.970 bits per heavy atom. The highest BCUT2D eigenvalue weighted by molar-refractivity contribution is 5.38. The quantitative estimate of drug-likeness (QED) is 0.518. The Labute approximate surface area is 197 Å². The van der Waals surface area contributed by atoms with E-state index in [9.17, 15) is 5.11 Å². The summed E-state index contributed by atoms with van der Waals surface area (Å²) in [4.78, 5) is 2.38. The van der Waals surface area contributed by atoms with Crippen molar-refractivity contribution in [3.05, 3.63) is 102 Å². The summed E-state index contributed by atoms with van der Waals surface area (Å²) in [5.41, 5.74) is 1.06. The Kier molecular flexibility index (Phi) is 7.18. The van der Waals surface area contributed by atoms with E-state index < -0.39 is 11.2 Å². The summed E-state index contributed by atoms with van der Waals surface area (Å²) in [6.07, 6.45) is 0.453. The molecular formula is C29H35NO3. The van der Waals surface area contributed by atoms with Gasteiger partial charge in [0, 0.05) is 26.1 Å². The molecular weight excluding hydrogens is 410 g/mol. The first-order valence-electron chi connectivity index (χ1n) is 11.8. The minimum Gasteiger partial charge on any atom is -0.491 e. The minimum atomic E-state index is -1.24. The lowest BCUT2D eigenvalue weighted by Gasteiger charge is -2.50. The van der Waals surface area contributed by atoms with E-state index in [2.05, 4.69) is 29.2 Å². The van der Waals surface area contributed by atoms with Gasteiger partial charge in [0.25, 0.3) is 0 Å². The molecule has 1 fully saturated rings. The van der Waals surface area contributed by atoms with Gasteiger partial charge in [-0.2, -0.15) is 0 Å². The van der Waals surface area contributed by atoms with E-state index in [-0.39, 0.29) is 6.10 Å². The van der Waals surface area contributed by atoms with Gasteiger partial charge in [0.15, 0.2) is 0 Å². The monoisotopic (exact) mass is 445 g/mol. The van der Waals surface area contributed by atoms with Crippen molar-refractivity contribution in [1.82, 2.24) is 4.90 Å². The second-order valence-electron chi connectivity index (χ2n) is 9.45. The van der Waals surface area contributed by atoms with E-state index in [0.717, 1.165) is 30.0 Å². The molecule has 4 nitrogen and oxygen atoms in total. The topological polar surface area (TPSA) is 41.9 Å². The Morgan fingerprint density at radius 3 is 2.30 bits per heavy atom. The maximum Gasteiger partial charge on any atom is 0.124 e. The average Bonchev–Trinajstić information content (AvgIpc) is 2.81. The minimum absolute atomic E-state index is 0.0545. The van der Waals surface area contributed by atoms with Crippen LogP contribution in [0.3, 0.4) is 0 Å². The molecule has 0 aromatic heterocycles. The van der Waals surface area contributed by atoms with Gasteiger partial charge in [-0.3, -0.25) is 4.90 Å². The fraction of sp³-hybridized carbons (Fsp3) is 0.379. The van der Waals surface area contributed by atoms with Crippen molar-refractivity contribution in [2.75, 3.05) is 19.7 Å². The highest BCUT2D eigenvalue weighted by atomic mass is 16.5. The number of para-hydroxylation sites is 1. The molecule has 4 heteroatoms. The molecule has 33 heavy (non-hydrogen) atoms. The number of benzene rings is 3. The van der Waals surface area contributed by atoms with Crippen LogP contribution in [0.5, 0.6) is 5.75 Å². The smallest absolute Gasteiger partial charge is 0.124 e. The number of rotatable bonds is 8. The molecule has 0 aliphatic carbocycles. The van der Waals surface area contributed by atoms with Crippen LogP contribution in [0.2, 0.25) is 0 Å². The highest BCUT2D eigenvalue weighted by Gasteiger charge is 2.52. The number of nitrogens with zero attached hydrogens (tertiary/aromatic N) is 1. The first-order valence-corrected chi connectivity index (χ1v) is 11.8. The van der Waals surface area contributed by atoms with Crippen molar-refractivity contribution in [3.8, 4) is 5.75 Å². The van der Waals surface area contributed by atoms with E-state index in [1.807, 2.05) is 81.4 Å². The fourth-order valence-electron chi connectivity index (χ4n) is 4.78. The van der Waals surface area contributed by atoms with Crippen molar-refractivity contribution < 1.29 is 14.6 Å². The standard InChI is InChI=1S/C29H35NO3/c1-23(2)33-27-17-11-10-14-25(27)20-29(31,26-15-8-5-9-16-26)28(3)22-30(18-19-32-28)21-24-12-6-4-7-13-24/h4-17,23,31H,18-22H2,1-3H3. The van der Waals surface area contributed by atoms with Crippen LogP contribution in [0, 0.1) is 0 Å². The van der Waals surface area contributed by atoms with Crippen molar-refractivity contribution in [2.24, 2.45) is 0 Å². The van der Waals surface area contributed by atoms with Crippen molar-refractivity contribution >= 4 is 0 Å². The summed E-state index contributed by atoms with van der Waals surface area (Å²) in [6, 6.07) is 28.4. The third kappa shape index (κ3) is 5.30. The zero-order valence-corrected chi connectivity index (χ0v) is 19.9. The molecule has 4 rings (SSSR count). The molecule has 0 radical (unpaired) electrons. The van der Waals surface area contributed by atoms with Gasteiger partial charge in [-0.25, -0.2) is 0 Å². The Morgan fingerprint density at radius 2 is 1.61 bits per heavy atom. The van der Waals surface area contributed by atoms with Crippen LogP contribution in [-0.4, -0.2) is 41.4 Å². The summed E-state index contributed by atoms with van der Waals surface area (Å²) >= 11 is 0. The molecule has 3 aromatic rings. The van der Waals surface area contributed by atoms with Crippen LogP contribution in [-0.2, 0) is 23.3 Å². The van der Waals surface area contributed by atoms with Crippen molar-refractivity contribution in [2.45, 2.75) is 51.0 Å². The molecule has 0 saturated carbocycles. The van der Waals surface area contributed by atoms with E-state index in [1.165, 1.54) is 5.56 Å². The second kappa shape index (κ2) is 10.1. The molecule has 1 heterocycles. The third-order valence-corrected chi connectivity index (χ3v) is 6.51. The fourth-order valence-corrected chi connectivity index (χ4v) is 4.78. The Balaban J connectivity index is 1.68. The predicted octanol–water partition coefficient (Wildman–Crippen LogP) is 5.20. The molecule has 1 aliphatic heterocycles. The van der Waals surface area contributed by atoms with Crippen LogP contribution in [0.25, 0.3) is 0 Å². The van der Waals surface area contributed by atoms with E-state index >= 15 is 0 Å². The van der Waals surface area contributed by atoms with E-state index in [4.69, 9.17) is 9.47 Å². The van der Waals surface area contributed by atoms with Gasteiger partial charge in [-0.15, -0.1) is 0 Å². The normalized spacial score (nSPS) is 21.0. The molecule has 1 N–H and O–H groups in total. The number of morpholine rings is 1. The highest BCUT2D eigenvalue weighted by Crippen LogP contribution is 2.42. The molecule has 2 unspecified atom stereocenters. The first kappa shape index (κ1) is 23.5. The van der Waals surface area contributed by atoms with Gasteiger partial charge in [-0.1, -0.05) is 78.9 Å². The van der Waals surface area contributed by atoms with Crippen LogP contribution in [0.1, 0.15) is 37.5 Å². The molecule has 3 aromatic carbocycles. The molecule has 0 spiro atoms. The number of ether oxygens (including phenoxy) is 2. The molecule has 174 valence electrons. The SMILES string of the molecule is CC(C)Oc1ccccc1CC(O)(c1ccccc1)C1(C)CN(Cc2ccccc2)CCO1. The van der Waals surface area contributed by atoms with Gasteiger partial charge in [0.2, 0.25) is 0 Å². The summed E-state index contributed by atoms with van der Waals surface area (Å²) < 4.78 is 12.5. The molecule has 2 atom stereocenters. The average molecular weight is 446 g/mol. The maximum atomic E-state index is 12.5. The van der Waals surface area contributed by atoms with Crippen LogP contribution >= 0.6 is 0 Å². The lowest BCUT2D eigenvalue weighted by Crippen LogP contribution is -2.62. The van der Waals surface area contributed by atoms with Crippen molar-refractivity contribution in [1.29, 1.82) is 0 Å². The summed E-state index contributed by atoms with van der Waals surface area (Å²) in [5, 5.41) is 12.5.